The molecule has 0 rings (SSSR count). The molecule has 0 nitrogen and oxygen atoms in total. The summed E-state index contributed by atoms with van der Waals surface area (Å²) < 4.78 is 185. The van der Waals surface area contributed by atoms with Gasteiger partial charge in [-0.15, -0.1) is 0 Å². The molecule has 0 unspecified atom stereocenters. The predicted octanol–water partition coefficient (Wildman–Crippen LogP) is 5.38. The molecule has 0 N–H and O–H groups in total. The maximum absolute atomic E-state index is 13.2. The molecule has 0 atom stereocenters. The summed E-state index contributed by atoms with van der Waals surface area (Å²) in [6, 6.07) is 0. The van der Waals surface area contributed by atoms with Gasteiger partial charge in [0, 0.05) is 0 Å². The molecule has 23 heavy (non-hydrogen) atoms. The summed E-state index contributed by atoms with van der Waals surface area (Å²) in [6.45, 7) is -1.62. The third-order valence-corrected chi connectivity index (χ3v) is 2.68. The fraction of sp³-hybridized carbons (Fsp3) is 1.00. The van der Waals surface area contributed by atoms with E-state index in [1.54, 1.807) is 0 Å². The molecule has 0 aromatic carbocycles. The highest BCUT2D eigenvalue weighted by molar-refractivity contribution is 5.14. The van der Waals surface area contributed by atoms with Crippen LogP contribution in [0.1, 0.15) is 6.92 Å². The average Bonchev–Trinajstić information content (AvgIpc) is 2.24. The molecule has 15 heteroatoms. The summed E-state index contributed by atoms with van der Waals surface area (Å²) in [5.74, 6) is -30.7. The first-order chi connectivity index (χ1) is 9.50. The third-order valence-electron chi connectivity index (χ3n) is 2.68. The highest BCUT2D eigenvalue weighted by Crippen LogP contribution is 2.61. The molecule has 0 radical (unpaired) electrons. The lowest BCUT2D eigenvalue weighted by Crippen LogP contribution is -2.72. The van der Waals surface area contributed by atoms with Crippen molar-refractivity contribution in [2.75, 3.05) is 0 Å². The first-order valence-corrected chi connectivity index (χ1v) is 4.83. The fourth-order valence-electron chi connectivity index (χ4n) is 1.14. The van der Waals surface area contributed by atoms with Gasteiger partial charge in [0.2, 0.25) is 5.67 Å². The normalized spacial score (nSPS) is 16.7. The van der Waals surface area contributed by atoms with Crippen molar-refractivity contribution >= 4 is 0 Å². The summed E-state index contributed by atoms with van der Waals surface area (Å²) in [6.07, 6.45) is -14.8. The molecule has 0 aromatic heterocycles. The minimum Gasteiger partial charge on any atom is -0.230 e. The summed E-state index contributed by atoms with van der Waals surface area (Å²) in [5, 5.41) is 0. The molecule has 0 saturated heterocycles. The zero-order chi connectivity index (χ0) is 19.5. The van der Waals surface area contributed by atoms with Crippen molar-refractivity contribution in [3.63, 3.8) is 0 Å². The van der Waals surface area contributed by atoms with Crippen LogP contribution in [0.5, 0.6) is 0 Å². The Morgan fingerprint density at radius 1 is 0.348 bits per heavy atom. The largest absolute Gasteiger partial charge is 0.460 e. The van der Waals surface area contributed by atoms with Gasteiger partial charge in [-0.2, -0.15) is 61.5 Å². The van der Waals surface area contributed by atoms with E-state index in [0.717, 1.165) is 0 Å². The van der Waals surface area contributed by atoms with E-state index in [1.165, 1.54) is 0 Å². The van der Waals surface area contributed by atoms with E-state index in [1.807, 2.05) is 0 Å². The zero-order valence-electron chi connectivity index (χ0n) is 10.2. The average molecular weight is 384 g/mol. The number of alkyl halides is 15. The van der Waals surface area contributed by atoms with Gasteiger partial charge >= 0.3 is 36.0 Å². The monoisotopic (exact) mass is 384 g/mol. The minimum atomic E-state index is -7.67. The molecule has 0 aromatic rings. The van der Waals surface area contributed by atoms with Crippen LogP contribution in [0.3, 0.4) is 0 Å². The molecule has 0 saturated carbocycles. The molecule has 0 aliphatic rings. The third kappa shape index (κ3) is 2.68. The summed E-state index contributed by atoms with van der Waals surface area (Å²) in [5.41, 5.74) is -6.93. The van der Waals surface area contributed by atoms with Crippen LogP contribution in [0.25, 0.3) is 0 Å². The molecule has 0 fully saturated rings. The highest BCUT2D eigenvalue weighted by atomic mass is 19.4. The molecule has 0 aliphatic heterocycles. The van der Waals surface area contributed by atoms with Gasteiger partial charge in [0.05, 0.1) is 0 Å². The standard InChI is InChI=1S/C8H3F15/c1-2(9,3(10,11)5(14,15)7(18,19)20)4(12,13)6(16,17)8(21,22)23/h1H3. The second-order valence-corrected chi connectivity index (χ2v) is 4.30. The molecule has 0 aliphatic carbocycles. The lowest BCUT2D eigenvalue weighted by atomic mass is 9.84. The van der Waals surface area contributed by atoms with Crippen LogP contribution < -0.4 is 0 Å². The highest BCUT2D eigenvalue weighted by Gasteiger charge is 2.90. The van der Waals surface area contributed by atoms with Gasteiger partial charge in [-0.25, -0.2) is 4.39 Å². The van der Waals surface area contributed by atoms with Gasteiger partial charge in [0.1, 0.15) is 0 Å². The van der Waals surface area contributed by atoms with Crippen molar-refractivity contribution in [3.05, 3.63) is 0 Å². The molecular formula is C8H3F15. The van der Waals surface area contributed by atoms with Crippen LogP contribution in [0.2, 0.25) is 0 Å². The number of hydrogen-bond donors (Lipinski definition) is 0. The number of hydrogen-bond acceptors (Lipinski definition) is 0. The number of halogens is 15. The molecule has 0 heterocycles. The Hall–Kier alpha value is -1.05. The summed E-state index contributed by atoms with van der Waals surface area (Å²) >= 11 is 0. The van der Waals surface area contributed by atoms with Crippen molar-refractivity contribution < 1.29 is 65.9 Å². The van der Waals surface area contributed by atoms with Crippen LogP contribution in [0, 0.1) is 0 Å². The SMILES string of the molecule is CC(F)(C(F)(F)C(F)(F)C(F)(F)F)C(F)(F)C(F)(F)C(F)(F)F. The first kappa shape index (κ1) is 21.9. The quantitative estimate of drug-likeness (QED) is 0.571. The van der Waals surface area contributed by atoms with Crippen molar-refractivity contribution in [2.24, 2.45) is 0 Å². The predicted molar refractivity (Wildman–Crippen MR) is 41.4 cm³/mol. The minimum absolute atomic E-state index is 1.62. The van der Waals surface area contributed by atoms with E-state index >= 15 is 0 Å². The van der Waals surface area contributed by atoms with Gasteiger partial charge < -0.3 is 0 Å². The van der Waals surface area contributed by atoms with E-state index < -0.39 is 48.6 Å². The van der Waals surface area contributed by atoms with E-state index in [2.05, 4.69) is 0 Å². The molecular weight excluding hydrogens is 381 g/mol. The zero-order valence-corrected chi connectivity index (χ0v) is 10.2. The Kier molecular flexibility index (Phi) is 4.75. The van der Waals surface area contributed by atoms with E-state index in [4.69, 9.17) is 0 Å². The molecule has 0 spiro atoms. The first-order valence-electron chi connectivity index (χ1n) is 4.83. The Morgan fingerprint density at radius 2 is 0.522 bits per heavy atom. The van der Waals surface area contributed by atoms with Crippen LogP contribution in [0.4, 0.5) is 65.9 Å². The Balaban J connectivity index is 6.37. The second-order valence-electron chi connectivity index (χ2n) is 4.30. The van der Waals surface area contributed by atoms with Crippen molar-refractivity contribution in [3.8, 4) is 0 Å². The van der Waals surface area contributed by atoms with Gasteiger partial charge in [0.25, 0.3) is 0 Å². The molecule has 0 bridgehead atoms. The van der Waals surface area contributed by atoms with Crippen LogP contribution in [-0.2, 0) is 0 Å². The van der Waals surface area contributed by atoms with Crippen molar-refractivity contribution in [2.45, 2.75) is 48.6 Å². The second kappa shape index (κ2) is 4.97. The van der Waals surface area contributed by atoms with Crippen molar-refractivity contribution in [1.82, 2.24) is 0 Å². The van der Waals surface area contributed by atoms with E-state index in [0.29, 0.717) is 0 Å². The topological polar surface area (TPSA) is 0 Å². The van der Waals surface area contributed by atoms with Gasteiger partial charge in [0.15, 0.2) is 0 Å². The molecule has 140 valence electrons. The fourth-order valence-corrected chi connectivity index (χ4v) is 1.14. The van der Waals surface area contributed by atoms with Crippen molar-refractivity contribution in [1.29, 1.82) is 0 Å². The van der Waals surface area contributed by atoms with E-state index in [-0.39, 0.29) is 0 Å². The Morgan fingerprint density at radius 3 is 0.652 bits per heavy atom. The van der Waals surface area contributed by atoms with E-state index in [9.17, 15) is 65.9 Å². The number of rotatable bonds is 4. The van der Waals surface area contributed by atoms with Gasteiger partial charge in [-0.3, -0.25) is 0 Å². The summed E-state index contributed by atoms with van der Waals surface area (Å²) in [4.78, 5) is 0. The van der Waals surface area contributed by atoms with Crippen LogP contribution in [-0.4, -0.2) is 41.7 Å². The summed E-state index contributed by atoms with van der Waals surface area (Å²) in [7, 11) is 0. The van der Waals surface area contributed by atoms with Gasteiger partial charge in [-0.1, -0.05) is 0 Å². The maximum Gasteiger partial charge on any atom is 0.460 e. The lowest BCUT2D eigenvalue weighted by molar-refractivity contribution is -0.433. The molecule has 0 amide bonds. The smallest absolute Gasteiger partial charge is 0.230 e. The van der Waals surface area contributed by atoms with Crippen LogP contribution >= 0.6 is 0 Å². The lowest BCUT2D eigenvalue weighted by Gasteiger charge is -2.42. The maximum atomic E-state index is 13.2. The van der Waals surface area contributed by atoms with Crippen LogP contribution in [0.15, 0.2) is 0 Å². The Bertz CT molecular complexity index is 395. The Labute approximate surface area is 116 Å². The van der Waals surface area contributed by atoms with Gasteiger partial charge in [-0.05, 0) is 6.92 Å².